The number of hydrogen-bond acceptors (Lipinski definition) is 8. The van der Waals surface area contributed by atoms with Crippen molar-refractivity contribution in [2.24, 2.45) is 5.73 Å². The molecule has 0 aliphatic carbocycles. The highest BCUT2D eigenvalue weighted by atomic mass is 127. The zero-order valence-corrected chi connectivity index (χ0v) is 20.3. The van der Waals surface area contributed by atoms with E-state index in [0.717, 1.165) is 0 Å². The van der Waals surface area contributed by atoms with Gasteiger partial charge in [-0.1, -0.05) is 18.2 Å². The summed E-state index contributed by atoms with van der Waals surface area (Å²) in [5, 5.41) is 9.76. The minimum absolute atomic E-state index is 0.0653. The molecule has 1 heterocycles. The van der Waals surface area contributed by atoms with E-state index < -0.39 is 17.9 Å². The lowest BCUT2D eigenvalue weighted by Gasteiger charge is -2.27. The van der Waals surface area contributed by atoms with Crippen molar-refractivity contribution >= 4 is 34.5 Å². The zero-order chi connectivity index (χ0) is 24.1. The molecule has 1 atom stereocenters. The van der Waals surface area contributed by atoms with Crippen LogP contribution >= 0.6 is 22.6 Å². The van der Waals surface area contributed by atoms with Crippen LogP contribution in [0.25, 0.3) is 0 Å². The van der Waals surface area contributed by atoms with Crippen LogP contribution in [0.2, 0.25) is 0 Å². The second-order valence-corrected chi connectivity index (χ2v) is 8.07. The first kappa shape index (κ1) is 24.1. The van der Waals surface area contributed by atoms with Crippen LogP contribution < -0.4 is 15.2 Å². The minimum atomic E-state index is -0.843. The summed E-state index contributed by atoms with van der Waals surface area (Å²) in [4.78, 5) is 25.3. The molecule has 1 unspecified atom stereocenters. The van der Waals surface area contributed by atoms with Crippen molar-refractivity contribution in [1.82, 2.24) is 0 Å². The number of esters is 2. The number of methoxy groups -OCH3 is 1. The smallest absolute Gasteiger partial charge is 0.343 e. The highest BCUT2D eigenvalue weighted by Gasteiger charge is 2.37. The molecule has 2 aromatic carbocycles. The number of carbonyl (C=O) groups excluding carboxylic acids is 2. The van der Waals surface area contributed by atoms with Gasteiger partial charge in [-0.25, -0.2) is 9.59 Å². The van der Waals surface area contributed by atoms with Crippen LogP contribution in [0, 0.1) is 14.9 Å². The Labute approximate surface area is 204 Å². The summed E-state index contributed by atoms with van der Waals surface area (Å²) in [5.41, 5.74) is 7.10. The van der Waals surface area contributed by atoms with Gasteiger partial charge in [0.15, 0.2) is 11.5 Å². The van der Waals surface area contributed by atoms with Crippen LogP contribution in [0.15, 0.2) is 65.3 Å². The summed E-state index contributed by atoms with van der Waals surface area (Å²) in [6.07, 6.45) is 0. The SMILES string of the molecule is CCOC(=O)C1=C(C)OC(N)=C(C#N)C1c1cc(I)c(OC(=O)c2ccccc2)c(OC)c1. The van der Waals surface area contributed by atoms with E-state index in [0.29, 0.717) is 14.7 Å². The Morgan fingerprint density at radius 2 is 1.91 bits per heavy atom. The van der Waals surface area contributed by atoms with E-state index in [1.807, 2.05) is 28.7 Å². The van der Waals surface area contributed by atoms with Gasteiger partial charge in [0, 0.05) is 0 Å². The summed E-state index contributed by atoms with van der Waals surface area (Å²) < 4.78 is 22.3. The number of benzene rings is 2. The molecular formula is C24H21IN2O6. The number of nitrogens with zero attached hydrogens (tertiary/aromatic N) is 1. The summed E-state index contributed by atoms with van der Waals surface area (Å²) in [6, 6.07) is 13.9. The van der Waals surface area contributed by atoms with Gasteiger partial charge in [-0.2, -0.15) is 5.26 Å². The number of halogens is 1. The van der Waals surface area contributed by atoms with E-state index in [4.69, 9.17) is 24.7 Å². The molecule has 0 amide bonds. The highest BCUT2D eigenvalue weighted by Crippen LogP contribution is 2.44. The van der Waals surface area contributed by atoms with Crippen molar-refractivity contribution < 1.29 is 28.5 Å². The van der Waals surface area contributed by atoms with Gasteiger partial charge in [-0.15, -0.1) is 0 Å². The Hall–Kier alpha value is -3.52. The third-order valence-electron chi connectivity index (χ3n) is 4.89. The molecule has 2 aromatic rings. The second-order valence-electron chi connectivity index (χ2n) is 6.90. The molecule has 8 nitrogen and oxygen atoms in total. The largest absolute Gasteiger partial charge is 0.493 e. The highest BCUT2D eigenvalue weighted by molar-refractivity contribution is 14.1. The Morgan fingerprint density at radius 3 is 2.52 bits per heavy atom. The van der Waals surface area contributed by atoms with Crippen LogP contribution in [-0.4, -0.2) is 25.7 Å². The number of ether oxygens (including phenoxy) is 4. The first-order chi connectivity index (χ1) is 15.8. The lowest BCUT2D eigenvalue weighted by molar-refractivity contribution is -0.139. The molecule has 33 heavy (non-hydrogen) atoms. The van der Waals surface area contributed by atoms with Gasteiger partial charge in [-0.05, 0) is 66.3 Å². The van der Waals surface area contributed by atoms with Gasteiger partial charge >= 0.3 is 11.9 Å². The average molecular weight is 560 g/mol. The topological polar surface area (TPSA) is 121 Å². The lowest BCUT2D eigenvalue weighted by Crippen LogP contribution is -2.25. The van der Waals surface area contributed by atoms with Crippen LogP contribution in [0.5, 0.6) is 11.5 Å². The predicted molar refractivity (Wildman–Crippen MR) is 127 cm³/mol. The van der Waals surface area contributed by atoms with Crippen molar-refractivity contribution in [2.45, 2.75) is 19.8 Å². The Balaban J connectivity index is 2.10. The molecule has 1 aliphatic rings. The van der Waals surface area contributed by atoms with Gasteiger partial charge < -0.3 is 24.7 Å². The van der Waals surface area contributed by atoms with E-state index in [1.54, 1.807) is 56.3 Å². The fourth-order valence-corrected chi connectivity index (χ4v) is 4.15. The molecule has 0 saturated carbocycles. The average Bonchev–Trinajstić information content (AvgIpc) is 2.80. The van der Waals surface area contributed by atoms with E-state index >= 15 is 0 Å². The van der Waals surface area contributed by atoms with Crippen molar-refractivity contribution in [3.05, 3.63) is 80.0 Å². The molecule has 0 aromatic heterocycles. The molecule has 3 rings (SSSR count). The number of nitrogens with two attached hydrogens (primary N) is 1. The first-order valence-electron chi connectivity index (χ1n) is 9.92. The van der Waals surface area contributed by atoms with Gasteiger partial charge in [0.25, 0.3) is 0 Å². The summed E-state index contributed by atoms with van der Waals surface area (Å²) in [5.74, 6) is -1.39. The van der Waals surface area contributed by atoms with Crippen molar-refractivity contribution in [3.8, 4) is 17.6 Å². The Morgan fingerprint density at radius 1 is 1.21 bits per heavy atom. The number of nitriles is 1. The normalized spacial score (nSPS) is 15.4. The minimum Gasteiger partial charge on any atom is -0.493 e. The Bertz CT molecular complexity index is 1200. The Kier molecular flexibility index (Phi) is 7.60. The third-order valence-corrected chi connectivity index (χ3v) is 5.69. The maximum atomic E-state index is 12.7. The van der Waals surface area contributed by atoms with Crippen molar-refractivity contribution in [2.75, 3.05) is 13.7 Å². The van der Waals surface area contributed by atoms with Crippen LogP contribution in [-0.2, 0) is 14.3 Å². The van der Waals surface area contributed by atoms with E-state index in [9.17, 15) is 14.9 Å². The number of hydrogen-bond donors (Lipinski definition) is 1. The fraction of sp³-hybridized carbons (Fsp3) is 0.208. The lowest BCUT2D eigenvalue weighted by atomic mass is 9.83. The van der Waals surface area contributed by atoms with Crippen LogP contribution in [0.1, 0.15) is 35.7 Å². The predicted octanol–water partition coefficient (Wildman–Crippen LogP) is 4.16. The first-order valence-corrected chi connectivity index (χ1v) is 11.0. The molecular weight excluding hydrogens is 539 g/mol. The fourth-order valence-electron chi connectivity index (χ4n) is 3.42. The molecule has 0 fully saturated rings. The van der Waals surface area contributed by atoms with Gasteiger partial charge in [0.05, 0.1) is 34.3 Å². The molecule has 170 valence electrons. The summed E-state index contributed by atoms with van der Waals surface area (Å²) in [7, 11) is 1.43. The van der Waals surface area contributed by atoms with Crippen molar-refractivity contribution in [3.63, 3.8) is 0 Å². The van der Waals surface area contributed by atoms with Crippen LogP contribution in [0.4, 0.5) is 0 Å². The number of carbonyl (C=O) groups is 2. The monoisotopic (exact) mass is 560 g/mol. The maximum absolute atomic E-state index is 12.7. The molecule has 0 bridgehead atoms. The van der Waals surface area contributed by atoms with Gasteiger partial charge in [-0.3, -0.25) is 0 Å². The van der Waals surface area contributed by atoms with Gasteiger partial charge in [0.1, 0.15) is 17.4 Å². The maximum Gasteiger partial charge on any atom is 0.343 e. The second kappa shape index (κ2) is 10.4. The van der Waals surface area contributed by atoms with E-state index in [-0.39, 0.29) is 40.9 Å². The van der Waals surface area contributed by atoms with Crippen LogP contribution in [0.3, 0.4) is 0 Å². The standard InChI is InChI=1S/C24H21IN2O6/c1-4-31-24(29)19-13(2)32-22(27)16(12-26)20(19)15-10-17(25)21(18(11-15)30-3)33-23(28)14-8-6-5-7-9-14/h5-11,20H,4,27H2,1-3H3. The molecule has 0 spiro atoms. The van der Waals surface area contributed by atoms with Gasteiger partial charge in [0.2, 0.25) is 5.88 Å². The molecule has 2 N–H and O–H groups in total. The number of rotatable bonds is 6. The van der Waals surface area contributed by atoms with E-state index in [1.165, 1.54) is 7.11 Å². The summed E-state index contributed by atoms with van der Waals surface area (Å²) in [6.45, 7) is 3.42. The van der Waals surface area contributed by atoms with Crippen molar-refractivity contribution in [1.29, 1.82) is 5.26 Å². The molecule has 0 saturated heterocycles. The molecule has 1 aliphatic heterocycles. The number of allylic oxidation sites excluding steroid dienone is 2. The zero-order valence-electron chi connectivity index (χ0n) is 18.2. The quantitative estimate of drug-likeness (QED) is 0.318. The molecule has 9 heteroatoms. The summed E-state index contributed by atoms with van der Waals surface area (Å²) >= 11 is 2.00. The third kappa shape index (κ3) is 4.96. The van der Waals surface area contributed by atoms with E-state index in [2.05, 4.69) is 0 Å². The molecule has 0 radical (unpaired) electrons.